The van der Waals surface area contributed by atoms with Crippen LogP contribution in [0.15, 0.2) is 0 Å². The summed E-state index contributed by atoms with van der Waals surface area (Å²) < 4.78 is 34.4. The number of hydrogen-bond donors (Lipinski definition) is 1. The monoisotopic (exact) mass is 182 g/mol. The molecule has 70 valence electrons. The van der Waals surface area contributed by atoms with Crippen molar-refractivity contribution in [2.75, 3.05) is 6.61 Å². The third-order valence-electron chi connectivity index (χ3n) is 0.918. The summed E-state index contributed by atoms with van der Waals surface area (Å²) in [5, 5.41) is 8.13. The minimum Gasteiger partial charge on any atom is -0.292 e. The number of hydrogen-bond acceptors (Lipinski definition) is 3. The van der Waals surface area contributed by atoms with E-state index in [4.69, 9.17) is 5.26 Å². The standard InChI is InChI=1S/C6H9F3N2O/c1-5(2-3-10)11-12-4-6(7,8)9/h5,11H,2,4H2,1H3. The first-order valence-electron chi connectivity index (χ1n) is 3.26. The molecular weight excluding hydrogens is 173 g/mol. The van der Waals surface area contributed by atoms with Gasteiger partial charge in [0.1, 0.15) is 0 Å². The topological polar surface area (TPSA) is 45.0 Å². The van der Waals surface area contributed by atoms with E-state index in [0.717, 1.165) is 0 Å². The summed E-state index contributed by atoms with van der Waals surface area (Å²) >= 11 is 0. The van der Waals surface area contributed by atoms with E-state index >= 15 is 0 Å². The molecule has 0 rings (SSSR count). The molecule has 0 aliphatic heterocycles. The van der Waals surface area contributed by atoms with Crippen molar-refractivity contribution in [3.8, 4) is 6.07 Å². The summed E-state index contributed by atoms with van der Waals surface area (Å²) in [5.74, 6) is 0. The number of halogens is 3. The van der Waals surface area contributed by atoms with Gasteiger partial charge in [-0.25, -0.2) is 0 Å². The van der Waals surface area contributed by atoms with Crippen molar-refractivity contribution in [1.82, 2.24) is 5.48 Å². The van der Waals surface area contributed by atoms with Gasteiger partial charge in [0.15, 0.2) is 6.61 Å². The Balaban J connectivity index is 3.38. The van der Waals surface area contributed by atoms with E-state index in [1.54, 1.807) is 13.0 Å². The highest BCUT2D eigenvalue weighted by Crippen LogP contribution is 2.13. The molecule has 1 atom stereocenters. The van der Waals surface area contributed by atoms with Crippen LogP contribution in [0.5, 0.6) is 0 Å². The molecule has 3 nitrogen and oxygen atoms in total. The molecule has 0 aliphatic carbocycles. The average molecular weight is 182 g/mol. The summed E-state index contributed by atoms with van der Waals surface area (Å²) in [7, 11) is 0. The number of hydroxylamine groups is 1. The van der Waals surface area contributed by atoms with E-state index in [1.807, 2.05) is 0 Å². The van der Waals surface area contributed by atoms with Gasteiger partial charge in [-0.3, -0.25) is 4.84 Å². The van der Waals surface area contributed by atoms with Crippen molar-refractivity contribution in [2.24, 2.45) is 0 Å². The van der Waals surface area contributed by atoms with Crippen molar-refractivity contribution in [3.05, 3.63) is 0 Å². The molecule has 1 N–H and O–H groups in total. The summed E-state index contributed by atoms with van der Waals surface area (Å²) in [6, 6.07) is 1.40. The summed E-state index contributed by atoms with van der Waals surface area (Å²) in [5.41, 5.74) is 2.10. The third-order valence-corrected chi connectivity index (χ3v) is 0.918. The second-order valence-corrected chi connectivity index (χ2v) is 2.28. The minimum atomic E-state index is -4.33. The average Bonchev–Trinajstić information content (AvgIpc) is 1.84. The van der Waals surface area contributed by atoms with Gasteiger partial charge in [0.25, 0.3) is 0 Å². The maximum atomic E-state index is 11.5. The van der Waals surface area contributed by atoms with Crippen LogP contribution in [0, 0.1) is 11.3 Å². The van der Waals surface area contributed by atoms with E-state index < -0.39 is 18.8 Å². The van der Waals surface area contributed by atoms with Crippen LogP contribution in [-0.4, -0.2) is 18.8 Å². The van der Waals surface area contributed by atoms with E-state index in [9.17, 15) is 13.2 Å². The molecule has 0 radical (unpaired) electrons. The van der Waals surface area contributed by atoms with E-state index in [2.05, 4.69) is 10.3 Å². The van der Waals surface area contributed by atoms with Gasteiger partial charge in [-0.1, -0.05) is 0 Å². The Labute approximate surface area is 68.1 Å². The molecule has 6 heteroatoms. The van der Waals surface area contributed by atoms with Crippen LogP contribution in [0.4, 0.5) is 13.2 Å². The molecule has 0 heterocycles. The number of rotatable bonds is 4. The van der Waals surface area contributed by atoms with Crippen LogP contribution in [0.2, 0.25) is 0 Å². The molecule has 0 amide bonds. The van der Waals surface area contributed by atoms with Crippen LogP contribution in [0.1, 0.15) is 13.3 Å². The highest BCUT2D eigenvalue weighted by Gasteiger charge is 2.27. The molecule has 0 saturated heterocycles. The van der Waals surface area contributed by atoms with Crippen molar-refractivity contribution in [2.45, 2.75) is 25.6 Å². The SMILES string of the molecule is CC(CC#N)NOCC(F)(F)F. The molecule has 0 aromatic carbocycles. The number of nitrogens with zero attached hydrogens (tertiary/aromatic N) is 1. The Bertz CT molecular complexity index is 163. The first-order chi connectivity index (χ1) is 5.45. The van der Waals surface area contributed by atoms with Crippen LogP contribution < -0.4 is 5.48 Å². The lowest BCUT2D eigenvalue weighted by molar-refractivity contribution is -0.192. The second-order valence-electron chi connectivity index (χ2n) is 2.28. The highest BCUT2D eigenvalue weighted by atomic mass is 19.4. The number of nitriles is 1. The summed E-state index contributed by atoms with van der Waals surface area (Å²) in [4.78, 5) is 4.09. The smallest absolute Gasteiger partial charge is 0.292 e. The fraction of sp³-hybridized carbons (Fsp3) is 0.833. The second kappa shape index (κ2) is 4.95. The Morgan fingerprint density at radius 3 is 2.58 bits per heavy atom. The predicted molar refractivity (Wildman–Crippen MR) is 34.8 cm³/mol. The van der Waals surface area contributed by atoms with Gasteiger partial charge >= 0.3 is 6.18 Å². The van der Waals surface area contributed by atoms with Crippen LogP contribution in [0.3, 0.4) is 0 Å². The molecule has 1 unspecified atom stereocenters. The molecule has 0 fully saturated rings. The number of nitrogens with one attached hydrogen (secondary N) is 1. The number of alkyl halides is 3. The van der Waals surface area contributed by atoms with Crippen LogP contribution in [0.25, 0.3) is 0 Å². The maximum Gasteiger partial charge on any atom is 0.413 e. The quantitative estimate of drug-likeness (QED) is 0.668. The van der Waals surface area contributed by atoms with Crippen molar-refractivity contribution in [1.29, 1.82) is 5.26 Å². The van der Waals surface area contributed by atoms with Crippen molar-refractivity contribution >= 4 is 0 Å². The lowest BCUT2D eigenvalue weighted by Gasteiger charge is -2.11. The minimum absolute atomic E-state index is 0.109. The summed E-state index contributed by atoms with van der Waals surface area (Å²) in [6.07, 6.45) is -4.22. The summed E-state index contributed by atoms with van der Waals surface area (Å²) in [6.45, 7) is 0.211. The van der Waals surface area contributed by atoms with Gasteiger partial charge in [-0.2, -0.15) is 23.9 Å². The van der Waals surface area contributed by atoms with Gasteiger partial charge < -0.3 is 0 Å². The van der Waals surface area contributed by atoms with Crippen molar-refractivity contribution in [3.63, 3.8) is 0 Å². The van der Waals surface area contributed by atoms with Crippen LogP contribution in [-0.2, 0) is 4.84 Å². The van der Waals surface area contributed by atoms with Gasteiger partial charge in [0, 0.05) is 6.04 Å². The first-order valence-corrected chi connectivity index (χ1v) is 3.26. The zero-order valence-corrected chi connectivity index (χ0v) is 6.48. The molecule has 12 heavy (non-hydrogen) atoms. The molecule has 0 saturated carbocycles. The van der Waals surface area contributed by atoms with Gasteiger partial charge in [-0.15, -0.1) is 0 Å². The van der Waals surface area contributed by atoms with Crippen LogP contribution >= 0.6 is 0 Å². The van der Waals surface area contributed by atoms with E-state index in [-0.39, 0.29) is 6.42 Å². The van der Waals surface area contributed by atoms with Crippen molar-refractivity contribution < 1.29 is 18.0 Å². The first kappa shape index (κ1) is 11.2. The molecule has 0 aliphatic rings. The largest absolute Gasteiger partial charge is 0.413 e. The lowest BCUT2D eigenvalue weighted by atomic mass is 10.3. The fourth-order valence-corrected chi connectivity index (χ4v) is 0.444. The Hall–Kier alpha value is -0.800. The maximum absolute atomic E-state index is 11.5. The molecule has 0 aromatic heterocycles. The van der Waals surface area contributed by atoms with Gasteiger partial charge in [0.2, 0.25) is 0 Å². The molecule has 0 aromatic rings. The van der Waals surface area contributed by atoms with E-state index in [0.29, 0.717) is 0 Å². The zero-order valence-electron chi connectivity index (χ0n) is 6.48. The fourth-order valence-electron chi connectivity index (χ4n) is 0.444. The third kappa shape index (κ3) is 7.31. The lowest BCUT2D eigenvalue weighted by Crippen LogP contribution is -2.30. The molecule has 0 bridgehead atoms. The van der Waals surface area contributed by atoms with E-state index in [1.165, 1.54) is 0 Å². The Morgan fingerprint density at radius 1 is 1.58 bits per heavy atom. The van der Waals surface area contributed by atoms with Gasteiger partial charge in [0.05, 0.1) is 12.5 Å². The highest BCUT2D eigenvalue weighted by molar-refractivity contribution is 4.75. The molecular formula is C6H9F3N2O. The normalized spacial score (nSPS) is 13.9. The molecule has 0 spiro atoms. The predicted octanol–water partition coefficient (Wildman–Crippen LogP) is 1.37. The Kier molecular flexibility index (Phi) is 4.62. The van der Waals surface area contributed by atoms with Gasteiger partial charge in [-0.05, 0) is 6.92 Å². The Morgan fingerprint density at radius 2 is 2.17 bits per heavy atom. The zero-order chi connectivity index (χ0) is 9.61.